The number of nitrogens with two attached hydrogens (primary N) is 1. The minimum atomic E-state index is -0.0708. The lowest BCUT2D eigenvalue weighted by Crippen LogP contribution is -2.30. The first-order chi connectivity index (χ1) is 8.62. The van der Waals surface area contributed by atoms with Crippen LogP contribution in [0.4, 0.5) is 5.69 Å². The van der Waals surface area contributed by atoms with Gasteiger partial charge in [0.15, 0.2) is 0 Å². The topological polar surface area (TPSA) is 67.2 Å². The Morgan fingerprint density at radius 3 is 2.56 bits per heavy atom. The van der Waals surface area contributed by atoms with E-state index in [1.54, 1.807) is 0 Å². The fourth-order valence-electron chi connectivity index (χ4n) is 1.88. The normalized spacial score (nSPS) is 10.5. The molecule has 0 radical (unpaired) electrons. The molecule has 4 heteroatoms. The van der Waals surface area contributed by atoms with Gasteiger partial charge in [-0.1, -0.05) is 38.3 Å². The number of rotatable bonds is 6. The highest BCUT2D eigenvalue weighted by molar-refractivity contribution is 5.99. The predicted molar refractivity (Wildman–Crippen MR) is 75.4 cm³/mol. The van der Waals surface area contributed by atoms with Gasteiger partial charge in [0.1, 0.15) is 0 Å². The van der Waals surface area contributed by atoms with E-state index in [2.05, 4.69) is 24.6 Å². The number of nitrogen functional groups attached to an aromatic ring is 1. The first kappa shape index (κ1) is 14.5. The molecule has 0 aliphatic rings. The fraction of sp³-hybridized carbons (Fsp3) is 0.500. The Hall–Kier alpha value is -1.55. The summed E-state index contributed by atoms with van der Waals surface area (Å²) in [4.78, 5) is 12.1. The summed E-state index contributed by atoms with van der Waals surface area (Å²) in [5.74, 6) is 5.88. The lowest BCUT2D eigenvalue weighted by Gasteiger charge is -2.15. The number of nitrogens with one attached hydrogen (secondary N) is 2. The third-order valence-corrected chi connectivity index (χ3v) is 3.28. The third kappa shape index (κ3) is 3.74. The second kappa shape index (κ2) is 7.01. The van der Waals surface area contributed by atoms with Gasteiger partial charge in [0.25, 0.3) is 5.91 Å². The molecule has 0 unspecified atom stereocenters. The van der Waals surface area contributed by atoms with E-state index < -0.39 is 0 Å². The second-order valence-corrected chi connectivity index (χ2v) is 4.59. The molecule has 0 fully saturated rings. The molecule has 0 spiro atoms. The Kier molecular flexibility index (Phi) is 5.65. The molecule has 4 nitrogen and oxygen atoms in total. The predicted octanol–water partition coefficient (Wildman–Crippen LogP) is 2.45. The van der Waals surface area contributed by atoms with Crippen LogP contribution in [0.25, 0.3) is 0 Å². The molecule has 4 N–H and O–H groups in total. The summed E-state index contributed by atoms with van der Waals surface area (Å²) in [7, 11) is 0. The highest BCUT2D eigenvalue weighted by Gasteiger charge is 2.12. The molecule has 0 bridgehead atoms. The zero-order chi connectivity index (χ0) is 13.5. The van der Waals surface area contributed by atoms with Gasteiger partial charge in [-0.2, -0.15) is 0 Å². The number of amides is 1. The summed E-state index contributed by atoms with van der Waals surface area (Å²) < 4.78 is 0. The van der Waals surface area contributed by atoms with Crippen molar-refractivity contribution in [2.45, 2.75) is 33.6 Å². The van der Waals surface area contributed by atoms with Crippen molar-refractivity contribution in [3.63, 3.8) is 0 Å². The van der Waals surface area contributed by atoms with E-state index >= 15 is 0 Å². The van der Waals surface area contributed by atoms with Crippen LogP contribution in [-0.4, -0.2) is 12.5 Å². The van der Waals surface area contributed by atoms with Crippen LogP contribution in [0.1, 0.15) is 42.6 Å². The molecule has 0 aliphatic carbocycles. The summed E-state index contributed by atoms with van der Waals surface area (Å²) in [6.07, 6.45) is 2.15. The molecule has 0 heterocycles. The number of carbonyl (C=O) groups excluding carboxylic acids is 1. The molecule has 1 aromatic carbocycles. The molecule has 18 heavy (non-hydrogen) atoms. The number of carbonyl (C=O) groups is 1. The quantitative estimate of drug-likeness (QED) is 0.536. The van der Waals surface area contributed by atoms with Crippen LogP contribution in [0.3, 0.4) is 0 Å². The van der Waals surface area contributed by atoms with Crippen molar-refractivity contribution in [2.75, 3.05) is 12.0 Å². The van der Waals surface area contributed by atoms with Crippen molar-refractivity contribution in [1.29, 1.82) is 0 Å². The number of hydrogen-bond donors (Lipinski definition) is 3. The zero-order valence-electron chi connectivity index (χ0n) is 11.4. The molecule has 1 rings (SSSR count). The fourth-order valence-corrected chi connectivity index (χ4v) is 1.88. The van der Waals surface area contributed by atoms with Gasteiger partial charge in [0, 0.05) is 6.54 Å². The van der Waals surface area contributed by atoms with Crippen LogP contribution in [0.15, 0.2) is 18.2 Å². The lowest BCUT2D eigenvalue weighted by atomic mass is 10.0. The smallest absolute Gasteiger partial charge is 0.253 e. The number of anilines is 1. The molecule has 0 aromatic heterocycles. The molecule has 1 amide bonds. The van der Waals surface area contributed by atoms with Gasteiger partial charge in [-0.25, -0.2) is 0 Å². The summed E-state index contributed by atoms with van der Waals surface area (Å²) in [6, 6.07) is 5.59. The van der Waals surface area contributed by atoms with Crippen LogP contribution in [0.5, 0.6) is 0 Å². The number of benzene rings is 1. The van der Waals surface area contributed by atoms with Crippen LogP contribution in [0.2, 0.25) is 0 Å². The maximum absolute atomic E-state index is 12.1. The summed E-state index contributed by atoms with van der Waals surface area (Å²) >= 11 is 0. The van der Waals surface area contributed by atoms with E-state index in [-0.39, 0.29) is 5.91 Å². The van der Waals surface area contributed by atoms with Crippen molar-refractivity contribution in [2.24, 2.45) is 11.8 Å². The van der Waals surface area contributed by atoms with Crippen molar-refractivity contribution in [1.82, 2.24) is 5.32 Å². The monoisotopic (exact) mass is 249 g/mol. The van der Waals surface area contributed by atoms with E-state index in [1.807, 2.05) is 25.1 Å². The standard InChI is InChI=1S/C14H23N3O/c1-4-11(5-2)9-16-14(18)12-8-10(3)6-7-13(12)17-15/h6-8,11,17H,4-5,9,15H2,1-3H3,(H,16,18). The molecule has 100 valence electrons. The highest BCUT2D eigenvalue weighted by atomic mass is 16.1. The molecule has 0 saturated carbocycles. The number of hydrogen-bond acceptors (Lipinski definition) is 3. The van der Waals surface area contributed by atoms with E-state index in [0.29, 0.717) is 23.7 Å². The molecular formula is C14H23N3O. The first-order valence-electron chi connectivity index (χ1n) is 6.47. The maximum Gasteiger partial charge on any atom is 0.253 e. The van der Waals surface area contributed by atoms with Crippen molar-refractivity contribution in [3.05, 3.63) is 29.3 Å². The van der Waals surface area contributed by atoms with Crippen molar-refractivity contribution in [3.8, 4) is 0 Å². The molecular weight excluding hydrogens is 226 g/mol. The molecule has 0 saturated heterocycles. The number of aryl methyl sites for hydroxylation is 1. The van der Waals surface area contributed by atoms with Crippen LogP contribution in [-0.2, 0) is 0 Å². The molecule has 0 atom stereocenters. The van der Waals surface area contributed by atoms with Gasteiger partial charge in [-0.3, -0.25) is 10.6 Å². The SMILES string of the molecule is CCC(CC)CNC(=O)c1cc(C)ccc1NN. The van der Waals surface area contributed by atoms with E-state index in [4.69, 9.17) is 5.84 Å². The zero-order valence-corrected chi connectivity index (χ0v) is 11.4. The molecule has 0 aliphatic heterocycles. The van der Waals surface area contributed by atoms with E-state index in [1.165, 1.54) is 0 Å². The van der Waals surface area contributed by atoms with Gasteiger partial charge in [-0.05, 0) is 25.0 Å². The Labute approximate surface area is 109 Å². The van der Waals surface area contributed by atoms with Gasteiger partial charge in [0.2, 0.25) is 0 Å². The van der Waals surface area contributed by atoms with E-state index in [0.717, 1.165) is 18.4 Å². The third-order valence-electron chi connectivity index (χ3n) is 3.28. The Balaban J connectivity index is 2.74. The van der Waals surface area contributed by atoms with E-state index in [9.17, 15) is 4.79 Å². The first-order valence-corrected chi connectivity index (χ1v) is 6.47. The van der Waals surface area contributed by atoms with Gasteiger partial charge < -0.3 is 10.7 Å². The Bertz CT molecular complexity index is 400. The highest BCUT2D eigenvalue weighted by Crippen LogP contribution is 2.16. The van der Waals surface area contributed by atoms with Gasteiger partial charge >= 0.3 is 0 Å². The maximum atomic E-state index is 12.1. The largest absolute Gasteiger partial charge is 0.352 e. The van der Waals surface area contributed by atoms with Crippen molar-refractivity contribution >= 4 is 11.6 Å². The summed E-state index contributed by atoms with van der Waals surface area (Å²) in [5, 5.41) is 2.97. The van der Waals surface area contributed by atoms with Crippen LogP contribution in [0, 0.1) is 12.8 Å². The number of hydrazine groups is 1. The minimum absolute atomic E-state index is 0.0708. The van der Waals surface area contributed by atoms with Gasteiger partial charge in [0.05, 0.1) is 11.3 Å². The average Bonchev–Trinajstić information content (AvgIpc) is 2.39. The summed E-state index contributed by atoms with van der Waals surface area (Å²) in [6.45, 7) is 6.95. The Morgan fingerprint density at radius 2 is 2.00 bits per heavy atom. The van der Waals surface area contributed by atoms with Gasteiger partial charge in [-0.15, -0.1) is 0 Å². The molecule has 1 aromatic rings. The second-order valence-electron chi connectivity index (χ2n) is 4.59. The lowest BCUT2D eigenvalue weighted by molar-refractivity contribution is 0.0947. The van der Waals surface area contributed by atoms with Crippen LogP contribution >= 0.6 is 0 Å². The van der Waals surface area contributed by atoms with Crippen molar-refractivity contribution < 1.29 is 4.79 Å². The summed E-state index contributed by atoms with van der Waals surface area (Å²) in [5.41, 5.74) is 4.86. The minimum Gasteiger partial charge on any atom is -0.352 e. The van der Waals surface area contributed by atoms with Crippen LogP contribution < -0.4 is 16.6 Å². The average molecular weight is 249 g/mol. The Morgan fingerprint density at radius 1 is 1.33 bits per heavy atom.